The number of rotatable bonds is 5. The van der Waals surface area contributed by atoms with E-state index in [2.05, 4.69) is 237 Å². The molecule has 4 aromatic heterocycles. The van der Waals surface area contributed by atoms with Crippen molar-refractivity contribution in [1.29, 1.82) is 21.0 Å². The second-order valence-corrected chi connectivity index (χ2v) is 20.4. The summed E-state index contributed by atoms with van der Waals surface area (Å²) in [5.41, 5.74) is 15.3. The van der Waals surface area contributed by atoms with Crippen LogP contribution in [0.2, 0.25) is 0 Å². The number of benzene rings is 12. The smallest absolute Gasteiger partial charge is 0.103 e. The normalized spacial score (nSPS) is 11.7. The maximum atomic E-state index is 10.6. The van der Waals surface area contributed by atoms with Gasteiger partial charge >= 0.3 is 0 Å². The molecule has 0 aliphatic heterocycles. The molecule has 16 rings (SSSR count). The van der Waals surface area contributed by atoms with Gasteiger partial charge in [-0.1, -0.05) is 121 Å². The first kappa shape index (κ1) is 44.6. The zero-order valence-electron chi connectivity index (χ0n) is 42.5. The third-order valence-corrected chi connectivity index (χ3v) is 16.5. The molecule has 0 spiro atoms. The lowest BCUT2D eigenvalue weighted by Crippen LogP contribution is -2.00. The lowest BCUT2D eigenvalue weighted by Gasteiger charge is -2.13. The summed E-state index contributed by atoms with van der Waals surface area (Å²) < 4.78 is 8.98. The maximum absolute atomic E-state index is 10.6. The Labute approximate surface area is 456 Å². The van der Waals surface area contributed by atoms with Gasteiger partial charge in [-0.25, -0.2) is 0 Å². The fourth-order valence-corrected chi connectivity index (χ4v) is 13.1. The third kappa shape index (κ3) is 6.16. The summed E-state index contributed by atoms with van der Waals surface area (Å²) in [7, 11) is 0. The van der Waals surface area contributed by atoms with Gasteiger partial charge in [0.15, 0.2) is 0 Å². The molecule has 16 aromatic rings. The fourth-order valence-electron chi connectivity index (χ4n) is 13.1. The van der Waals surface area contributed by atoms with Crippen molar-refractivity contribution in [3.05, 3.63) is 253 Å². The molecule has 4 heterocycles. The average molecular weight is 1020 g/mol. The topological polar surface area (TPSA) is 115 Å². The van der Waals surface area contributed by atoms with Crippen LogP contribution in [0.3, 0.4) is 0 Å². The van der Waals surface area contributed by atoms with E-state index < -0.39 is 0 Å². The minimum atomic E-state index is 0.331. The second-order valence-electron chi connectivity index (χ2n) is 20.4. The van der Waals surface area contributed by atoms with Crippen LogP contribution in [0.25, 0.3) is 143 Å². The average Bonchev–Trinajstić information content (AvgIpc) is 4.31. The van der Waals surface area contributed by atoms with Crippen molar-refractivity contribution in [2.75, 3.05) is 0 Å². The standard InChI is InChI=1S/C72H38N8/c73-39-43-23-24-47(41-75)70(35-43)80-67-33-28-49(37-58(67)71-51-13-2-1-11-44(51)25-31-68(71)80)78-63-21-8-5-16-55(63)57-36-45(26-30-65(57)78)50-17-10-18-56-52(50)29-34-69-72(56)59-38-48(77-61-19-6-3-14-53(61)54-15-4-7-20-62(54)77)27-32-66(59)79(69)64-22-9-12-46(40-74)60(64)42-76/h1-38H. The minimum absolute atomic E-state index is 0.331. The van der Waals surface area contributed by atoms with E-state index in [0.29, 0.717) is 33.6 Å². The van der Waals surface area contributed by atoms with Crippen LogP contribution in [-0.4, -0.2) is 18.3 Å². The minimum Gasteiger partial charge on any atom is -0.309 e. The van der Waals surface area contributed by atoms with Crippen LogP contribution < -0.4 is 0 Å². The molecule has 8 nitrogen and oxygen atoms in total. The summed E-state index contributed by atoms with van der Waals surface area (Å²) >= 11 is 0. The van der Waals surface area contributed by atoms with Crippen LogP contribution in [0.1, 0.15) is 22.3 Å². The monoisotopic (exact) mass is 1010 g/mol. The Morgan fingerprint density at radius 2 is 0.800 bits per heavy atom. The first-order valence-electron chi connectivity index (χ1n) is 26.4. The molecule has 12 aromatic carbocycles. The Hall–Kier alpha value is -11.7. The maximum Gasteiger partial charge on any atom is 0.103 e. The summed E-state index contributed by atoms with van der Waals surface area (Å²) in [6, 6.07) is 89.3. The first-order chi connectivity index (χ1) is 39.5. The van der Waals surface area contributed by atoms with Crippen LogP contribution >= 0.6 is 0 Å². The summed E-state index contributed by atoms with van der Waals surface area (Å²) in [5, 5.41) is 54.4. The van der Waals surface area contributed by atoms with Crippen LogP contribution in [0.5, 0.6) is 0 Å². The van der Waals surface area contributed by atoms with Gasteiger partial charge in [-0.15, -0.1) is 0 Å². The predicted octanol–water partition coefficient (Wildman–Crippen LogP) is 17.5. The SMILES string of the molecule is N#Cc1ccc(C#N)c(-n2c3ccc(-n4c5ccccc5c5cc(-c6cccc7c6ccc6c7c7cc(-n8c9ccccc9c9ccccc98)ccc7n6-c6cccc(C#N)c6C#N)ccc54)cc3c3c4ccccc4ccc32)c1. The summed E-state index contributed by atoms with van der Waals surface area (Å²) in [5.74, 6) is 0. The number of nitriles is 4. The Morgan fingerprint density at radius 3 is 1.45 bits per heavy atom. The van der Waals surface area contributed by atoms with E-state index in [-0.39, 0.29) is 0 Å². The molecule has 0 N–H and O–H groups in total. The van der Waals surface area contributed by atoms with Crippen molar-refractivity contribution in [3.63, 3.8) is 0 Å². The van der Waals surface area contributed by atoms with Gasteiger partial charge in [-0.05, 0) is 142 Å². The van der Waals surface area contributed by atoms with Gasteiger partial charge in [0, 0.05) is 54.5 Å². The molecule has 0 atom stereocenters. The van der Waals surface area contributed by atoms with Crippen LogP contribution in [0.15, 0.2) is 231 Å². The van der Waals surface area contributed by atoms with Crippen molar-refractivity contribution < 1.29 is 0 Å². The highest BCUT2D eigenvalue weighted by Gasteiger charge is 2.24. The summed E-state index contributed by atoms with van der Waals surface area (Å²) in [4.78, 5) is 0. The van der Waals surface area contributed by atoms with E-state index in [9.17, 15) is 21.0 Å². The number of para-hydroxylation sites is 3. The van der Waals surface area contributed by atoms with Crippen LogP contribution in [-0.2, 0) is 0 Å². The van der Waals surface area contributed by atoms with E-state index in [1.807, 2.05) is 18.2 Å². The van der Waals surface area contributed by atoms with Crippen LogP contribution in [0.4, 0.5) is 0 Å². The second kappa shape index (κ2) is 16.9. The molecule has 0 fully saturated rings. The Morgan fingerprint density at radius 1 is 0.275 bits per heavy atom. The highest BCUT2D eigenvalue weighted by atomic mass is 15.0. The van der Waals surface area contributed by atoms with Crippen molar-refractivity contribution in [1.82, 2.24) is 18.3 Å². The van der Waals surface area contributed by atoms with Crippen LogP contribution in [0, 0.1) is 45.3 Å². The molecule has 0 unspecified atom stereocenters. The molecule has 0 saturated carbocycles. The van der Waals surface area contributed by atoms with Gasteiger partial charge in [0.05, 0.1) is 83.8 Å². The fraction of sp³-hybridized carbons (Fsp3) is 0. The molecule has 0 saturated heterocycles. The first-order valence-corrected chi connectivity index (χ1v) is 26.4. The Bertz CT molecular complexity index is 5560. The number of aromatic nitrogens is 4. The Kier molecular flexibility index (Phi) is 9.43. The molecule has 8 heteroatoms. The van der Waals surface area contributed by atoms with Gasteiger partial charge < -0.3 is 18.3 Å². The summed E-state index contributed by atoms with van der Waals surface area (Å²) in [6.07, 6.45) is 0. The zero-order valence-corrected chi connectivity index (χ0v) is 42.5. The molecule has 0 bridgehead atoms. The zero-order chi connectivity index (χ0) is 53.3. The lowest BCUT2D eigenvalue weighted by atomic mass is 9.94. The van der Waals surface area contributed by atoms with Crippen molar-refractivity contribution in [2.45, 2.75) is 0 Å². The Balaban J connectivity index is 0.917. The van der Waals surface area contributed by atoms with Crippen molar-refractivity contribution in [3.8, 4) is 58.2 Å². The highest BCUT2D eigenvalue weighted by molar-refractivity contribution is 6.25. The highest BCUT2D eigenvalue weighted by Crippen LogP contribution is 2.45. The van der Waals surface area contributed by atoms with Gasteiger partial charge in [0.2, 0.25) is 0 Å². The molecule has 80 heavy (non-hydrogen) atoms. The number of hydrogen-bond donors (Lipinski definition) is 0. The molecule has 366 valence electrons. The summed E-state index contributed by atoms with van der Waals surface area (Å²) in [6.45, 7) is 0. The molecule has 0 amide bonds. The van der Waals surface area contributed by atoms with Crippen molar-refractivity contribution in [2.24, 2.45) is 0 Å². The van der Waals surface area contributed by atoms with E-state index in [4.69, 9.17) is 0 Å². The van der Waals surface area contributed by atoms with Gasteiger partial charge in [-0.2, -0.15) is 21.0 Å². The van der Waals surface area contributed by atoms with E-state index in [0.717, 1.165) is 120 Å². The molecular formula is C72H38N8. The molecule has 0 aliphatic carbocycles. The van der Waals surface area contributed by atoms with E-state index in [1.54, 1.807) is 18.2 Å². The lowest BCUT2D eigenvalue weighted by molar-refractivity contribution is 1.15. The number of hydrogen-bond acceptors (Lipinski definition) is 4. The predicted molar refractivity (Wildman–Crippen MR) is 323 cm³/mol. The van der Waals surface area contributed by atoms with E-state index >= 15 is 0 Å². The molecule has 0 aliphatic rings. The van der Waals surface area contributed by atoms with Crippen molar-refractivity contribution >= 4 is 109 Å². The largest absolute Gasteiger partial charge is 0.309 e. The van der Waals surface area contributed by atoms with E-state index in [1.165, 1.54) is 10.8 Å². The van der Waals surface area contributed by atoms with Gasteiger partial charge in [-0.3, -0.25) is 0 Å². The molecule has 0 radical (unpaired) electrons. The number of fused-ring (bicyclic) bond motifs is 16. The number of nitrogens with zero attached hydrogens (tertiary/aromatic N) is 8. The van der Waals surface area contributed by atoms with Gasteiger partial charge in [0.1, 0.15) is 18.2 Å². The molecular weight excluding hydrogens is 977 g/mol. The quantitative estimate of drug-likeness (QED) is 0.171. The third-order valence-electron chi connectivity index (χ3n) is 16.5. The van der Waals surface area contributed by atoms with Gasteiger partial charge in [0.25, 0.3) is 0 Å².